The van der Waals surface area contributed by atoms with Gasteiger partial charge in [0.1, 0.15) is 5.82 Å². The van der Waals surface area contributed by atoms with Gasteiger partial charge < -0.3 is 5.11 Å². The zero-order valence-corrected chi connectivity index (χ0v) is 14.3. The van der Waals surface area contributed by atoms with E-state index in [1.807, 2.05) is 36.1 Å². The van der Waals surface area contributed by atoms with Crippen molar-refractivity contribution in [3.63, 3.8) is 0 Å². The molecule has 0 bridgehead atoms. The largest absolute Gasteiger partial charge is 0.480 e. The number of rotatable bonds is 5. The van der Waals surface area contributed by atoms with Crippen molar-refractivity contribution in [3.05, 3.63) is 71.5 Å². The molecule has 0 aromatic heterocycles. The maximum Gasteiger partial charge on any atom is 0.317 e. The third-order valence-electron chi connectivity index (χ3n) is 4.78. The third kappa shape index (κ3) is 4.24. The van der Waals surface area contributed by atoms with Crippen LogP contribution in [0.5, 0.6) is 0 Å². The molecule has 0 saturated carbocycles. The molecule has 2 aromatic carbocycles. The maximum absolute atomic E-state index is 13.8. The minimum atomic E-state index is -0.801. The van der Waals surface area contributed by atoms with Gasteiger partial charge in [-0.05, 0) is 30.2 Å². The first kappa shape index (κ1) is 17.6. The second-order valence-corrected chi connectivity index (χ2v) is 6.58. The topological polar surface area (TPSA) is 43.8 Å². The highest BCUT2D eigenvalue weighted by Crippen LogP contribution is 2.31. The monoisotopic (exact) mass is 342 g/mol. The number of halogens is 1. The number of benzene rings is 2. The first-order valence-electron chi connectivity index (χ1n) is 8.55. The van der Waals surface area contributed by atoms with E-state index in [-0.39, 0.29) is 24.4 Å². The SMILES string of the molecule is CC1CN([C@@H](c2ccccc2)c2cccc(F)c2)CCN1CC(=O)O. The minimum Gasteiger partial charge on any atom is -0.480 e. The highest BCUT2D eigenvalue weighted by molar-refractivity contribution is 5.69. The number of piperazine rings is 1. The van der Waals surface area contributed by atoms with E-state index in [0.29, 0.717) is 6.54 Å². The van der Waals surface area contributed by atoms with Gasteiger partial charge in [-0.1, -0.05) is 42.5 Å². The molecule has 1 aliphatic heterocycles. The summed E-state index contributed by atoms with van der Waals surface area (Å²) in [4.78, 5) is 15.3. The predicted octanol–water partition coefficient (Wildman–Crippen LogP) is 3.01. The van der Waals surface area contributed by atoms with E-state index in [4.69, 9.17) is 5.11 Å². The van der Waals surface area contributed by atoms with Crippen molar-refractivity contribution in [2.45, 2.75) is 19.0 Å². The highest BCUT2D eigenvalue weighted by atomic mass is 19.1. The Morgan fingerprint density at radius 2 is 1.88 bits per heavy atom. The smallest absolute Gasteiger partial charge is 0.317 e. The van der Waals surface area contributed by atoms with Gasteiger partial charge in [0.2, 0.25) is 0 Å². The number of nitrogens with zero attached hydrogens (tertiary/aromatic N) is 2. The molecule has 1 unspecified atom stereocenters. The van der Waals surface area contributed by atoms with Gasteiger partial charge in [0.25, 0.3) is 0 Å². The Labute approximate surface area is 147 Å². The van der Waals surface area contributed by atoms with Crippen molar-refractivity contribution < 1.29 is 14.3 Å². The van der Waals surface area contributed by atoms with Gasteiger partial charge in [-0.2, -0.15) is 0 Å². The molecule has 1 fully saturated rings. The Hall–Kier alpha value is -2.24. The van der Waals surface area contributed by atoms with E-state index in [2.05, 4.69) is 17.0 Å². The van der Waals surface area contributed by atoms with Crippen LogP contribution in [0.15, 0.2) is 54.6 Å². The molecule has 1 aliphatic rings. The number of hydrogen-bond acceptors (Lipinski definition) is 3. The second kappa shape index (κ2) is 7.76. The number of aliphatic carboxylic acids is 1. The first-order valence-corrected chi connectivity index (χ1v) is 8.55. The van der Waals surface area contributed by atoms with Gasteiger partial charge in [-0.3, -0.25) is 14.6 Å². The van der Waals surface area contributed by atoms with E-state index >= 15 is 0 Å². The number of carboxylic acids is 1. The van der Waals surface area contributed by atoms with Crippen LogP contribution in [0.4, 0.5) is 4.39 Å². The quantitative estimate of drug-likeness (QED) is 0.907. The zero-order valence-electron chi connectivity index (χ0n) is 14.3. The molecule has 0 radical (unpaired) electrons. The van der Waals surface area contributed by atoms with Crippen molar-refractivity contribution in [2.75, 3.05) is 26.2 Å². The van der Waals surface area contributed by atoms with E-state index in [9.17, 15) is 9.18 Å². The summed E-state index contributed by atoms with van der Waals surface area (Å²) < 4.78 is 13.8. The van der Waals surface area contributed by atoms with Crippen LogP contribution in [0.3, 0.4) is 0 Å². The molecule has 0 aliphatic carbocycles. The van der Waals surface area contributed by atoms with Crippen molar-refractivity contribution >= 4 is 5.97 Å². The molecular formula is C20H23FN2O2. The zero-order chi connectivity index (χ0) is 17.8. The molecule has 5 heteroatoms. The predicted molar refractivity (Wildman–Crippen MR) is 94.9 cm³/mol. The maximum atomic E-state index is 13.8. The summed E-state index contributed by atoms with van der Waals surface area (Å²) in [5, 5.41) is 9.05. The van der Waals surface area contributed by atoms with Gasteiger partial charge >= 0.3 is 5.97 Å². The van der Waals surface area contributed by atoms with Gasteiger partial charge in [0.05, 0.1) is 12.6 Å². The Morgan fingerprint density at radius 3 is 2.52 bits per heavy atom. The molecule has 132 valence electrons. The fourth-order valence-electron chi connectivity index (χ4n) is 3.59. The van der Waals surface area contributed by atoms with Gasteiger partial charge in [-0.15, -0.1) is 0 Å². The fourth-order valence-corrected chi connectivity index (χ4v) is 3.59. The summed E-state index contributed by atoms with van der Waals surface area (Å²) in [6.45, 7) is 4.27. The standard InChI is InChI=1S/C20H23FN2O2/c1-15-13-23(11-10-22(15)14-19(24)25)20(16-6-3-2-4-7-16)17-8-5-9-18(21)12-17/h2-9,12,15,20H,10-11,13-14H2,1H3,(H,24,25)/t15?,20-/m0/s1. The molecule has 2 atom stereocenters. The molecule has 3 rings (SSSR count). The lowest BCUT2D eigenvalue weighted by Crippen LogP contribution is -2.54. The van der Waals surface area contributed by atoms with E-state index < -0.39 is 5.97 Å². The molecule has 2 aromatic rings. The highest BCUT2D eigenvalue weighted by Gasteiger charge is 2.31. The summed E-state index contributed by atoms with van der Waals surface area (Å²) in [6, 6.07) is 16.9. The molecule has 4 nitrogen and oxygen atoms in total. The normalized spacial score (nSPS) is 20.3. The van der Waals surface area contributed by atoms with Crippen LogP contribution >= 0.6 is 0 Å². The Kier molecular flexibility index (Phi) is 5.46. The van der Waals surface area contributed by atoms with Crippen LogP contribution in [0.1, 0.15) is 24.1 Å². The van der Waals surface area contributed by atoms with Crippen LogP contribution in [0, 0.1) is 5.82 Å². The Balaban J connectivity index is 1.87. The van der Waals surface area contributed by atoms with Crippen LogP contribution in [0.2, 0.25) is 0 Å². The average molecular weight is 342 g/mol. The van der Waals surface area contributed by atoms with Crippen molar-refractivity contribution in [2.24, 2.45) is 0 Å². The number of hydrogen-bond donors (Lipinski definition) is 1. The summed E-state index contributed by atoms with van der Waals surface area (Å²) in [6.07, 6.45) is 0. The van der Waals surface area contributed by atoms with Crippen LogP contribution in [0.25, 0.3) is 0 Å². The minimum absolute atomic E-state index is 0.0358. The van der Waals surface area contributed by atoms with Crippen molar-refractivity contribution in [1.82, 2.24) is 9.80 Å². The molecule has 1 heterocycles. The van der Waals surface area contributed by atoms with Gasteiger partial charge in [0.15, 0.2) is 0 Å². The van der Waals surface area contributed by atoms with E-state index in [1.165, 1.54) is 6.07 Å². The summed E-state index contributed by atoms with van der Waals surface area (Å²) >= 11 is 0. The van der Waals surface area contributed by atoms with Gasteiger partial charge in [-0.25, -0.2) is 4.39 Å². The van der Waals surface area contributed by atoms with E-state index in [0.717, 1.165) is 24.2 Å². The lowest BCUT2D eigenvalue weighted by atomic mass is 9.95. The molecule has 0 spiro atoms. The fraction of sp³-hybridized carbons (Fsp3) is 0.350. The first-order chi connectivity index (χ1) is 12.0. The second-order valence-electron chi connectivity index (χ2n) is 6.58. The Bertz CT molecular complexity index is 723. The lowest BCUT2D eigenvalue weighted by molar-refractivity contribution is -0.139. The number of carboxylic acid groups (broad SMARTS) is 1. The third-order valence-corrected chi connectivity index (χ3v) is 4.78. The number of carbonyl (C=O) groups is 1. The molecule has 0 amide bonds. The summed E-state index contributed by atoms with van der Waals surface area (Å²) in [5.74, 6) is -1.04. The summed E-state index contributed by atoms with van der Waals surface area (Å²) in [5.41, 5.74) is 2.04. The van der Waals surface area contributed by atoms with Crippen molar-refractivity contribution in [3.8, 4) is 0 Å². The van der Waals surface area contributed by atoms with Gasteiger partial charge in [0, 0.05) is 25.7 Å². The lowest BCUT2D eigenvalue weighted by Gasteiger charge is -2.43. The molecule has 1 saturated heterocycles. The molecular weight excluding hydrogens is 319 g/mol. The molecule has 1 N–H and O–H groups in total. The van der Waals surface area contributed by atoms with Crippen LogP contribution < -0.4 is 0 Å². The van der Waals surface area contributed by atoms with E-state index in [1.54, 1.807) is 12.1 Å². The molecule has 25 heavy (non-hydrogen) atoms. The summed E-state index contributed by atoms with van der Waals surface area (Å²) in [7, 11) is 0. The Morgan fingerprint density at radius 1 is 1.16 bits per heavy atom. The average Bonchev–Trinajstić information content (AvgIpc) is 2.58. The van der Waals surface area contributed by atoms with Crippen LogP contribution in [-0.2, 0) is 4.79 Å². The van der Waals surface area contributed by atoms with Crippen LogP contribution in [-0.4, -0.2) is 53.1 Å². The van der Waals surface area contributed by atoms with Crippen molar-refractivity contribution in [1.29, 1.82) is 0 Å².